The maximum absolute atomic E-state index is 12.9. The van der Waals surface area contributed by atoms with Crippen molar-refractivity contribution in [1.29, 1.82) is 0 Å². The van der Waals surface area contributed by atoms with E-state index in [4.69, 9.17) is 16.3 Å². The van der Waals surface area contributed by atoms with Gasteiger partial charge in [0.2, 0.25) is 0 Å². The summed E-state index contributed by atoms with van der Waals surface area (Å²) in [7, 11) is 1.55. The molecule has 4 rings (SSSR count). The number of nitrogens with zero attached hydrogens (tertiary/aromatic N) is 2. The van der Waals surface area contributed by atoms with Crippen LogP contribution in [0.15, 0.2) is 60.0 Å². The number of amides is 2. The van der Waals surface area contributed by atoms with E-state index >= 15 is 0 Å². The molecular formula is C23H22ClN3O3S. The molecule has 31 heavy (non-hydrogen) atoms. The molecule has 160 valence electrons. The van der Waals surface area contributed by atoms with Crippen molar-refractivity contribution in [1.82, 2.24) is 4.90 Å². The molecule has 6 nitrogen and oxygen atoms in total. The van der Waals surface area contributed by atoms with Gasteiger partial charge in [0.05, 0.1) is 17.6 Å². The van der Waals surface area contributed by atoms with Crippen molar-refractivity contribution in [3.63, 3.8) is 0 Å². The van der Waals surface area contributed by atoms with Gasteiger partial charge in [0.1, 0.15) is 5.75 Å². The predicted molar refractivity (Wildman–Crippen MR) is 125 cm³/mol. The number of piperazine rings is 1. The van der Waals surface area contributed by atoms with Gasteiger partial charge in [0, 0.05) is 42.6 Å². The molecule has 1 fully saturated rings. The maximum Gasteiger partial charge on any atom is 0.265 e. The fourth-order valence-corrected chi connectivity index (χ4v) is 4.33. The second-order valence-electron chi connectivity index (χ2n) is 7.10. The van der Waals surface area contributed by atoms with Crippen molar-refractivity contribution in [2.75, 3.05) is 43.5 Å². The van der Waals surface area contributed by atoms with Gasteiger partial charge in [0.15, 0.2) is 0 Å². The van der Waals surface area contributed by atoms with Crippen LogP contribution in [0.25, 0.3) is 0 Å². The lowest BCUT2D eigenvalue weighted by atomic mass is 10.1. The Hall–Kier alpha value is -3.03. The van der Waals surface area contributed by atoms with Crippen LogP contribution in [0.5, 0.6) is 5.75 Å². The molecule has 2 aromatic carbocycles. The van der Waals surface area contributed by atoms with Crippen molar-refractivity contribution in [3.05, 3.63) is 75.4 Å². The van der Waals surface area contributed by atoms with E-state index in [1.54, 1.807) is 31.4 Å². The van der Waals surface area contributed by atoms with Crippen LogP contribution in [-0.4, -0.2) is 50.0 Å². The second-order valence-corrected chi connectivity index (χ2v) is 8.49. The normalized spacial score (nSPS) is 13.7. The van der Waals surface area contributed by atoms with Crippen LogP contribution in [-0.2, 0) is 0 Å². The number of anilines is 2. The van der Waals surface area contributed by atoms with Gasteiger partial charge in [-0.3, -0.25) is 9.59 Å². The fraction of sp³-hybridized carbons (Fsp3) is 0.217. The van der Waals surface area contributed by atoms with Crippen molar-refractivity contribution in [3.8, 4) is 5.75 Å². The van der Waals surface area contributed by atoms with Crippen LogP contribution in [0.3, 0.4) is 0 Å². The molecule has 1 aromatic heterocycles. The van der Waals surface area contributed by atoms with E-state index in [0.717, 1.165) is 24.5 Å². The Kier molecular flexibility index (Phi) is 6.44. The number of methoxy groups -OCH3 is 1. The minimum absolute atomic E-state index is 0.0781. The standard InChI is InChI=1S/C23H22ClN3O3S/c1-30-20-9-4-16(24)15-19(20)23(29)27-12-10-26(11-13-27)18-7-5-17(6-8-18)25-22(28)21-3-2-14-31-21/h2-9,14-15H,10-13H2,1H3,(H,25,28). The summed E-state index contributed by atoms with van der Waals surface area (Å²) in [5, 5.41) is 5.30. The SMILES string of the molecule is COc1ccc(Cl)cc1C(=O)N1CCN(c2ccc(NC(=O)c3cccs3)cc2)CC1. The molecule has 1 aliphatic rings. The van der Waals surface area contributed by atoms with Crippen molar-refractivity contribution in [2.24, 2.45) is 0 Å². The summed E-state index contributed by atoms with van der Waals surface area (Å²) >= 11 is 7.49. The lowest BCUT2D eigenvalue weighted by molar-refractivity contribution is 0.0743. The van der Waals surface area contributed by atoms with Gasteiger partial charge in [-0.1, -0.05) is 17.7 Å². The first-order chi connectivity index (χ1) is 15.0. The number of thiophene rings is 1. The molecule has 1 saturated heterocycles. The highest BCUT2D eigenvalue weighted by Gasteiger charge is 2.24. The summed E-state index contributed by atoms with van der Waals surface area (Å²) in [6.45, 7) is 2.64. The smallest absolute Gasteiger partial charge is 0.265 e. The van der Waals surface area contributed by atoms with E-state index in [0.29, 0.717) is 34.3 Å². The Bertz CT molecular complexity index is 1060. The maximum atomic E-state index is 12.9. The molecule has 0 unspecified atom stereocenters. The van der Waals surface area contributed by atoms with Gasteiger partial charge < -0.3 is 19.9 Å². The van der Waals surface area contributed by atoms with Gasteiger partial charge in [-0.25, -0.2) is 0 Å². The zero-order chi connectivity index (χ0) is 21.8. The Morgan fingerprint density at radius 1 is 1.03 bits per heavy atom. The second kappa shape index (κ2) is 9.41. The van der Waals surface area contributed by atoms with E-state index in [2.05, 4.69) is 10.2 Å². The number of hydrogen-bond acceptors (Lipinski definition) is 5. The zero-order valence-electron chi connectivity index (χ0n) is 17.0. The number of benzene rings is 2. The Balaban J connectivity index is 1.36. The summed E-state index contributed by atoms with van der Waals surface area (Å²) in [5.74, 6) is 0.342. The number of nitrogens with one attached hydrogen (secondary N) is 1. The number of carbonyl (C=O) groups excluding carboxylic acids is 2. The molecule has 2 heterocycles. The third-order valence-electron chi connectivity index (χ3n) is 5.19. The quantitative estimate of drug-likeness (QED) is 0.609. The molecule has 8 heteroatoms. The van der Waals surface area contributed by atoms with Crippen molar-refractivity contribution < 1.29 is 14.3 Å². The summed E-state index contributed by atoms with van der Waals surface area (Å²) in [5.41, 5.74) is 2.29. The summed E-state index contributed by atoms with van der Waals surface area (Å²) in [4.78, 5) is 29.9. The largest absolute Gasteiger partial charge is 0.496 e. The Morgan fingerprint density at radius 3 is 2.42 bits per heavy atom. The Morgan fingerprint density at radius 2 is 1.77 bits per heavy atom. The lowest BCUT2D eigenvalue weighted by Crippen LogP contribution is -2.48. The third-order valence-corrected chi connectivity index (χ3v) is 6.30. The van der Waals surface area contributed by atoms with Crippen LogP contribution in [0.4, 0.5) is 11.4 Å². The molecule has 0 spiro atoms. The van der Waals surface area contributed by atoms with E-state index < -0.39 is 0 Å². The minimum atomic E-state index is -0.105. The topological polar surface area (TPSA) is 61.9 Å². The number of hydrogen-bond donors (Lipinski definition) is 1. The molecule has 1 N–H and O–H groups in total. The van der Waals surface area contributed by atoms with Crippen molar-refractivity contribution >= 4 is 46.1 Å². The van der Waals surface area contributed by atoms with Crippen LogP contribution in [0.2, 0.25) is 5.02 Å². The lowest BCUT2D eigenvalue weighted by Gasteiger charge is -2.36. The van der Waals surface area contributed by atoms with E-state index in [1.807, 2.05) is 40.6 Å². The van der Waals surface area contributed by atoms with Crippen LogP contribution >= 0.6 is 22.9 Å². The molecule has 0 atom stereocenters. The first kappa shape index (κ1) is 21.2. The zero-order valence-corrected chi connectivity index (χ0v) is 18.6. The molecule has 0 radical (unpaired) electrons. The fourth-order valence-electron chi connectivity index (χ4n) is 3.54. The van der Waals surface area contributed by atoms with Crippen molar-refractivity contribution in [2.45, 2.75) is 0 Å². The van der Waals surface area contributed by atoms with Crippen LogP contribution < -0.4 is 15.0 Å². The van der Waals surface area contributed by atoms with Gasteiger partial charge in [-0.2, -0.15) is 0 Å². The van der Waals surface area contributed by atoms with Gasteiger partial charge in [-0.15, -0.1) is 11.3 Å². The molecular weight excluding hydrogens is 434 g/mol. The summed E-state index contributed by atoms with van der Waals surface area (Å²) in [6, 6.07) is 16.5. The van der Waals surface area contributed by atoms with Crippen LogP contribution in [0.1, 0.15) is 20.0 Å². The molecule has 2 amide bonds. The van der Waals surface area contributed by atoms with E-state index in [9.17, 15) is 9.59 Å². The van der Waals surface area contributed by atoms with E-state index in [-0.39, 0.29) is 11.8 Å². The first-order valence-electron chi connectivity index (χ1n) is 9.88. The first-order valence-corrected chi connectivity index (χ1v) is 11.1. The number of carbonyl (C=O) groups is 2. The number of rotatable bonds is 5. The average Bonchev–Trinajstić information content (AvgIpc) is 3.34. The molecule has 0 aliphatic carbocycles. The molecule has 0 saturated carbocycles. The minimum Gasteiger partial charge on any atom is -0.496 e. The number of ether oxygens (including phenoxy) is 1. The molecule has 3 aromatic rings. The third kappa shape index (κ3) is 4.84. The number of halogens is 1. The summed E-state index contributed by atoms with van der Waals surface area (Å²) in [6.07, 6.45) is 0. The van der Waals surface area contributed by atoms with Gasteiger partial charge in [-0.05, 0) is 53.9 Å². The summed E-state index contributed by atoms with van der Waals surface area (Å²) < 4.78 is 5.32. The Labute approximate surface area is 190 Å². The highest BCUT2D eigenvalue weighted by molar-refractivity contribution is 7.12. The average molecular weight is 456 g/mol. The highest BCUT2D eigenvalue weighted by Crippen LogP contribution is 2.26. The van der Waals surface area contributed by atoms with Crippen LogP contribution in [0, 0.1) is 0 Å². The predicted octanol–water partition coefficient (Wildman–Crippen LogP) is 4.62. The van der Waals surface area contributed by atoms with E-state index in [1.165, 1.54) is 11.3 Å². The van der Waals surface area contributed by atoms with Gasteiger partial charge >= 0.3 is 0 Å². The highest BCUT2D eigenvalue weighted by atomic mass is 35.5. The molecule has 0 bridgehead atoms. The monoisotopic (exact) mass is 455 g/mol. The van der Waals surface area contributed by atoms with Gasteiger partial charge in [0.25, 0.3) is 11.8 Å². The molecule has 1 aliphatic heterocycles.